The molecule has 1 heterocycles. The Morgan fingerprint density at radius 1 is 1.26 bits per heavy atom. The second kappa shape index (κ2) is 10.7. The SMILES string of the molecule is CC(=O)N[C@@H](Cc1cc(F)cc(F)c1)[C@@H](O)CNC1(c2cccc(I)c2)CCc2nn(C)cc2C1. The summed E-state index contributed by atoms with van der Waals surface area (Å²) in [5, 5.41) is 22.0. The fraction of sp³-hybridized carbons (Fsp3) is 0.385. The third-order valence-corrected chi connectivity index (χ3v) is 7.20. The maximum Gasteiger partial charge on any atom is 0.217 e. The lowest BCUT2D eigenvalue weighted by molar-refractivity contribution is -0.120. The number of fused-ring (bicyclic) bond motifs is 1. The highest BCUT2D eigenvalue weighted by molar-refractivity contribution is 14.1. The molecule has 3 atom stereocenters. The molecule has 1 aromatic heterocycles. The lowest BCUT2D eigenvalue weighted by Gasteiger charge is -2.40. The minimum Gasteiger partial charge on any atom is -0.390 e. The molecular formula is C26H29F2IN4O2. The first-order valence-electron chi connectivity index (χ1n) is 11.6. The average Bonchev–Trinajstić information content (AvgIpc) is 3.15. The van der Waals surface area contributed by atoms with E-state index in [1.807, 2.05) is 30.1 Å². The topological polar surface area (TPSA) is 79.2 Å². The van der Waals surface area contributed by atoms with Gasteiger partial charge in [-0.25, -0.2) is 8.78 Å². The molecule has 0 spiro atoms. The Labute approximate surface area is 217 Å². The highest BCUT2D eigenvalue weighted by Crippen LogP contribution is 2.36. The van der Waals surface area contributed by atoms with Crippen LogP contribution in [0.15, 0.2) is 48.7 Å². The number of aliphatic hydroxyl groups excluding tert-OH is 1. The highest BCUT2D eigenvalue weighted by atomic mass is 127. The van der Waals surface area contributed by atoms with Crippen molar-refractivity contribution in [2.75, 3.05) is 6.54 Å². The summed E-state index contributed by atoms with van der Waals surface area (Å²) in [5.41, 5.74) is 3.30. The van der Waals surface area contributed by atoms with Gasteiger partial charge in [0, 0.05) is 41.9 Å². The van der Waals surface area contributed by atoms with Crippen molar-refractivity contribution < 1.29 is 18.7 Å². The van der Waals surface area contributed by atoms with Crippen molar-refractivity contribution in [2.24, 2.45) is 7.05 Å². The van der Waals surface area contributed by atoms with Crippen LogP contribution in [0, 0.1) is 15.2 Å². The standard InChI is InChI=1S/C26H29F2IN4O2/c1-16(34)31-24(10-17-8-20(27)12-21(28)9-17)25(35)14-30-26(19-4-3-5-22(29)11-19)7-6-23-18(13-26)15-33(2)32-23/h3-5,8-9,11-12,15,24-25,30,35H,6-7,10,13-14H2,1-2H3,(H,31,34)/t24-,25-,26?/m0/s1. The molecule has 2 aromatic carbocycles. The van der Waals surface area contributed by atoms with E-state index in [2.05, 4.69) is 50.5 Å². The number of aryl methyl sites for hydroxylation is 2. The van der Waals surface area contributed by atoms with E-state index in [4.69, 9.17) is 0 Å². The Hall–Kier alpha value is -2.37. The van der Waals surface area contributed by atoms with Gasteiger partial charge in [-0.1, -0.05) is 12.1 Å². The highest BCUT2D eigenvalue weighted by Gasteiger charge is 2.38. The third kappa shape index (κ3) is 6.25. The normalized spacial score (nSPS) is 19.1. The molecule has 0 aliphatic heterocycles. The largest absolute Gasteiger partial charge is 0.390 e. The summed E-state index contributed by atoms with van der Waals surface area (Å²) < 4.78 is 30.4. The number of aromatic nitrogens is 2. The smallest absolute Gasteiger partial charge is 0.217 e. The predicted molar refractivity (Wildman–Crippen MR) is 138 cm³/mol. The number of hydrogen-bond donors (Lipinski definition) is 3. The number of aliphatic hydroxyl groups is 1. The maximum atomic E-state index is 13.7. The lowest BCUT2D eigenvalue weighted by atomic mass is 9.75. The predicted octanol–water partition coefficient (Wildman–Crippen LogP) is 3.39. The number of carbonyl (C=O) groups is 1. The number of nitrogens with zero attached hydrogens (tertiary/aromatic N) is 2. The first-order valence-corrected chi connectivity index (χ1v) is 12.6. The van der Waals surface area contributed by atoms with Crippen LogP contribution in [0.3, 0.4) is 0 Å². The van der Waals surface area contributed by atoms with E-state index in [-0.39, 0.29) is 18.9 Å². The van der Waals surface area contributed by atoms with Crippen molar-refractivity contribution in [1.29, 1.82) is 0 Å². The van der Waals surface area contributed by atoms with Gasteiger partial charge in [-0.15, -0.1) is 0 Å². The Morgan fingerprint density at radius 2 is 2.00 bits per heavy atom. The zero-order chi connectivity index (χ0) is 25.2. The molecule has 1 unspecified atom stereocenters. The molecule has 0 fully saturated rings. The second-order valence-corrected chi connectivity index (χ2v) is 10.5. The summed E-state index contributed by atoms with van der Waals surface area (Å²) in [6.45, 7) is 1.54. The third-order valence-electron chi connectivity index (χ3n) is 6.53. The first kappa shape index (κ1) is 25.7. The van der Waals surface area contributed by atoms with Crippen LogP contribution in [-0.4, -0.2) is 39.5 Å². The number of carbonyl (C=O) groups excluding carboxylic acids is 1. The molecule has 0 radical (unpaired) electrons. The average molecular weight is 594 g/mol. The van der Waals surface area contributed by atoms with E-state index in [0.717, 1.165) is 39.3 Å². The molecule has 6 nitrogen and oxygen atoms in total. The molecule has 0 bridgehead atoms. The minimum atomic E-state index is -0.986. The van der Waals surface area contributed by atoms with Crippen molar-refractivity contribution in [3.63, 3.8) is 0 Å². The molecule has 4 rings (SSSR count). The van der Waals surface area contributed by atoms with Gasteiger partial charge < -0.3 is 15.7 Å². The fourth-order valence-electron chi connectivity index (χ4n) is 4.94. The van der Waals surface area contributed by atoms with Crippen LogP contribution in [0.25, 0.3) is 0 Å². The van der Waals surface area contributed by atoms with Gasteiger partial charge in [0.05, 0.1) is 17.8 Å². The molecule has 0 saturated heterocycles. The zero-order valence-electron chi connectivity index (χ0n) is 19.7. The number of benzene rings is 2. The van der Waals surface area contributed by atoms with Crippen molar-refractivity contribution in [1.82, 2.24) is 20.4 Å². The summed E-state index contributed by atoms with van der Waals surface area (Å²) in [4.78, 5) is 11.8. The number of amides is 1. The molecule has 186 valence electrons. The summed E-state index contributed by atoms with van der Waals surface area (Å²) in [6.07, 6.45) is 3.45. The fourth-order valence-corrected chi connectivity index (χ4v) is 5.48. The number of hydrogen-bond acceptors (Lipinski definition) is 4. The van der Waals surface area contributed by atoms with Gasteiger partial charge in [-0.05, 0) is 89.2 Å². The van der Waals surface area contributed by atoms with Crippen molar-refractivity contribution in [2.45, 2.75) is 50.3 Å². The molecule has 1 aliphatic carbocycles. The first-order chi connectivity index (χ1) is 16.6. The minimum absolute atomic E-state index is 0.0973. The Bertz CT molecular complexity index is 1200. The molecule has 1 aliphatic rings. The van der Waals surface area contributed by atoms with Gasteiger partial charge in [0.25, 0.3) is 0 Å². The van der Waals surface area contributed by atoms with E-state index < -0.39 is 29.3 Å². The van der Waals surface area contributed by atoms with E-state index in [0.29, 0.717) is 12.0 Å². The second-order valence-electron chi connectivity index (χ2n) is 9.28. The van der Waals surface area contributed by atoms with Gasteiger partial charge in [0.15, 0.2) is 0 Å². The molecule has 3 aromatic rings. The maximum absolute atomic E-state index is 13.7. The van der Waals surface area contributed by atoms with Crippen LogP contribution in [0.4, 0.5) is 8.78 Å². The van der Waals surface area contributed by atoms with E-state index in [9.17, 15) is 18.7 Å². The molecule has 3 N–H and O–H groups in total. The van der Waals surface area contributed by atoms with Gasteiger partial charge in [-0.2, -0.15) is 5.10 Å². The lowest BCUT2D eigenvalue weighted by Crippen LogP contribution is -2.54. The van der Waals surface area contributed by atoms with Crippen LogP contribution in [-0.2, 0) is 36.6 Å². The van der Waals surface area contributed by atoms with Crippen molar-refractivity contribution in [3.8, 4) is 0 Å². The molecule has 35 heavy (non-hydrogen) atoms. The van der Waals surface area contributed by atoms with Crippen LogP contribution in [0.2, 0.25) is 0 Å². The van der Waals surface area contributed by atoms with Crippen molar-refractivity contribution >= 4 is 28.5 Å². The van der Waals surface area contributed by atoms with Crippen LogP contribution < -0.4 is 10.6 Å². The van der Waals surface area contributed by atoms with E-state index in [1.165, 1.54) is 19.1 Å². The Kier molecular flexibility index (Phi) is 7.87. The summed E-state index contributed by atoms with van der Waals surface area (Å²) >= 11 is 2.29. The van der Waals surface area contributed by atoms with Gasteiger partial charge in [-0.3, -0.25) is 9.48 Å². The van der Waals surface area contributed by atoms with Gasteiger partial charge in [0.1, 0.15) is 11.6 Å². The summed E-state index contributed by atoms with van der Waals surface area (Å²) in [7, 11) is 1.91. The number of rotatable bonds is 8. The molecule has 1 amide bonds. The van der Waals surface area contributed by atoms with Gasteiger partial charge >= 0.3 is 0 Å². The molecular weight excluding hydrogens is 565 g/mol. The number of halogens is 3. The summed E-state index contributed by atoms with van der Waals surface area (Å²) in [5.74, 6) is -1.71. The van der Waals surface area contributed by atoms with Gasteiger partial charge in [0.2, 0.25) is 5.91 Å². The summed E-state index contributed by atoms with van der Waals surface area (Å²) in [6, 6.07) is 10.8. The quantitative estimate of drug-likeness (QED) is 0.350. The molecule has 0 saturated carbocycles. The monoisotopic (exact) mass is 594 g/mol. The molecule has 9 heteroatoms. The van der Waals surface area contributed by atoms with Crippen molar-refractivity contribution in [3.05, 3.63) is 86.3 Å². The van der Waals surface area contributed by atoms with E-state index >= 15 is 0 Å². The van der Waals surface area contributed by atoms with Crippen LogP contribution in [0.1, 0.15) is 35.7 Å². The Morgan fingerprint density at radius 3 is 2.69 bits per heavy atom. The number of nitrogens with one attached hydrogen (secondary N) is 2. The van der Waals surface area contributed by atoms with Crippen LogP contribution in [0.5, 0.6) is 0 Å². The zero-order valence-corrected chi connectivity index (χ0v) is 21.9. The Balaban J connectivity index is 1.57. The van der Waals surface area contributed by atoms with E-state index in [1.54, 1.807) is 0 Å². The van der Waals surface area contributed by atoms with Crippen LogP contribution >= 0.6 is 22.6 Å².